The maximum Gasteiger partial charge on any atom is 0.135 e. The van der Waals surface area contributed by atoms with Gasteiger partial charge in [0.1, 0.15) is 5.82 Å². The Morgan fingerprint density at radius 3 is 2.90 bits per heavy atom. The van der Waals surface area contributed by atoms with Crippen LogP contribution in [-0.2, 0) is 13.0 Å². The molecule has 1 aromatic carbocycles. The molecule has 2 aromatic rings. The quantitative estimate of drug-likeness (QED) is 0.907. The van der Waals surface area contributed by atoms with E-state index in [-0.39, 0.29) is 0 Å². The van der Waals surface area contributed by atoms with Gasteiger partial charge in [-0.05, 0) is 55.0 Å². The van der Waals surface area contributed by atoms with E-state index in [1.807, 2.05) is 6.20 Å². The highest BCUT2D eigenvalue weighted by molar-refractivity contribution is 5.66. The summed E-state index contributed by atoms with van der Waals surface area (Å²) in [4.78, 5) is 7.02. The fraction of sp³-hybridized carbons (Fsp3) is 0.353. The molecule has 0 saturated carbocycles. The molecule has 3 rings (SSSR count). The van der Waals surface area contributed by atoms with Crippen molar-refractivity contribution in [3.63, 3.8) is 0 Å². The molecular weight excluding hydrogens is 246 g/mol. The zero-order valence-electron chi connectivity index (χ0n) is 12.0. The number of hydrogen-bond acceptors (Lipinski definition) is 3. The van der Waals surface area contributed by atoms with Gasteiger partial charge in [-0.3, -0.25) is 0 Å². The molecule has 2 N–H and O–H groups in total. The van der Waals surface area contributed by atoms with E-state index in [9.17, 15) is 0 Å². The Hall–Kier alpha value is -1.87. The minimum absolute atomic E-state index is 0.546. The molecule has 104 valence electrons. The molecule has 0 atom stereocenters. The zero-order valence-corrected chi connectivity index (χ0v) is 12.0. The monoisotopic (exact) mass is 267 g/mol. The second kappa shape index (κ2) is 5.63. The van der Waals surface area contributed by atoms with Crippen molar-refractivity contribution in [3.8, 4) is 0 Å². The summed E-state index contributed by atoms with van der Waals surface area (Å²) in [6.45, 7) is 3.70. The first kappa shape index (κ1) is 13.1. The van der Waals surface area contributed by atoms with Crippen molar-refractivity contribution in [2.45, 2.75) is 32.7 Å². The van der Waals surface area contributed by atoms with E-state index in [1.165, 1.54) is 29.7 Å². The van der Waals surface area contributed by atoms with Crippen LogP contribution >= 0.6 is 0 Å². The van der Waals surface area contributed by atoms with Crippen molar-refractivity contribution >= 4 is 11.5 Å². The Balaban J connectivity index is 2.05. The summed E-state index contributed by atoms with van der Waals surface area (Å²) in [5.41, 5.74) is 10.7. The topological polar surface area (TPSA) is 42.1 Å². The molecule has 1 aliphatic rings. The summed E-state index contributed by atoms with van der Waals surface area (Å²) in [7, 11) is 0. The normalized spacial score (nSPS) is 14.8. The van der Waals surface area contributed by atoms with Gasteiger partial charge in [-0.2, -0.15) is 0 Å². The number of aromatic nitrogens is 1. The highest BCUT2D eigenvalue weighted by atomic mass is 15.2. The van der Waals surface area contributed by atoms with Crippen LogP contribution in [0.1, 0.15) is 29.5 Å². The highest BCUT2D eigenvalue weighted by Crippen LogP contribution is 2.33. The predicted octanol–water partition coefficient (Wildman–Crippen LogP) is 3.32. The Morgan fingerprint density at radius 1 is 1.25 bits per heavy atom. The number of nitrogens with two attached hydrogens (primary N) is 1. The van der Waals surface area contributed by atoms with Crippen LogP contribution < -0.4 is 10.6 Å². The lowest BCUT2D eigenvalue weighted by atomic mass is 10.1. The van der Waals surface area contributed by atoms with E-state index in [4.69, 9.17) is 5.73 Å². The van der Waals surface area contributed by atoms with Crippen LogP contribution in [0.15, 0.2) is 36.5 Å². The summed E-state index contributed by atoms with van der Waals surface area (Å²) in [5, 5.41) is 0. The SMILES string of the molecule is Cc1cc(CN)cnc1N1CCCCc2ccccc21. The lowest BCUT2D eigenvalue weighted by molar-refractivity contribution is 0.756. The fourth-order valence-electron chi connectivity index (χ4n) is 2.93. The largest absolute Gasteiger partial charge is 0.326 e. The van der Waals surface area contributed by atoms with Gasteiger partial charge in [0.2, 0.25) is 0 Å². The molecule has 2 heterocycles. The van der Waals surface area contributed by atoms with Gasteiger partial charge >= 0.3 is 0 Å². The van der Waals surface area contributed by atoms with Crippen molar-refractivity contribution in [2.24, 2.45) is 5.73 Å². The van der Waals surface area contributed by atoms with Gasteiger partial charge in [0, 0.05) is 25.0 Å². The number of rotatable bonds is 2. The molecule has 0 amide bonds. The Bertz CT molecular complexity index is 607. The molecule has 1 aromatic heterocycles. The third kappa shape index (κ3) is 2.41. The van der Waals surface area contributed by atoms with Crippen LogP contribution in [0.5, 0.6) is 0 Å². The zero-order chi connectivity index (χ0) is 13.9. The number of benzene rings is 1. The van der Waals surface area contributed by atoms with Crippen LogP contribution in [0.3, 0.4) is 0 Å². The Kier molecular flexibility index (Phi) is 3.70. The molecule has 0 bridgehead atoms. The number of pyridine rings is 1. The van der Waals surface area contributed by atoms with Gasteiger partial charge in [-0.25, -0.2) is 4.98 Å². The molecule has 1 aliphatic heterocycles. The van der Waals surface area contributed by atoms with Gasteiger partial charge in [-0.1, -0.05) is 18.2 Å². The average molecular weight is 267 g/mol. The minimum atomic E-state index is 0.546. The third-order valence-electron chi connectivity index (χ3n) is 3.96. The first-order valence-electron chi connectivity index (χ1n) is 7.30. The summed E-state index contributed by atoms with van der Waals surface area (Å²) < 4.78 is 0. The van der Waals surface area contributed by atoms with Gasteiger partial charge in [0.25, 0.3) is 0 Å². The third-order valence-corrected chi connectivity index (χ3v) is 3.96. The van der Waals surface area contributed by atoms with Crippen LogP contribution in [0.2, 0.25) is 0 Å². The average Bonchev–Trinajstić information content (AvgIpc) is 2.69. The van der Waals surface area contributed by atoms with Crippen molar-refractivity contribution in [1.82, 2.24) is 4.98 Å². The first-order chi connectivity index (χ1) is 9.79. The Morgan fingerprint density at radius 2 is 2.10 bits per heavy atom. The standard InChI is InChI=1S/C17H21N3/c1-13-10-14(11-18)12-19-17(13)20-9-5-4-7-15-6-2-3-8-16(15)20/h2-3,6,8,10,12H,4-5,7,9,11,18H2,1H3. The maximum absolute atomic E-state index is 5.70. The lowest BCUT2D eigenvalue weighted by Gasteiger charge is -2.25. The summed E-state index contributed by atoms with van der Waals surface area (Å²) in [5.74, 6) is 1.07. The molecule has 0 radical (unpaired) electrons. The first-order valence-corrected chi connectivity index (χ1v) is 7.30. The van der Waals surface area contributed by atoms with Gasteiger partial charge in [-0.15, -0.1) is 0 Å². The van der Waals surface area contributed by atoms with Crippen LogP contribution in [0.4, 0.5) is 11.5 Å². The van der Waals surface area contributed by atoms with Crippen LogP contribution in [0.25, 0.3) is 0 Å². The fourth-order valence-corrected chi connectivity index (χ4v) is 2.93. The number of nitrogens with zero attached hydrogens (tertiary/aromatic N) is 2. The number of aryl methyl sites for hydroxylation is 2. The van der Waals surface area contributed by atoms with Crippen molar-refractivity contribution < 1.29 is 0 Å². The molecule has 0 unspecified atom stereocenters. The number of hydrogen-bond donors (Lipinski definition) is 1. The molecular formula is C17H21N3. The smallest absolute Gasteiger partial charge is 0.135 e. The molecule has 3 heteroatoms. The second-order valence-electron chi connectivity index (χ2n) is 5.43. The van der Waals surface area contributed by atoms with Crippen LogP contribution in [0, 0.1) is 6.92 Å². The lowest BCUT2D eigenvalue weighted by Crippen LogP contribution is -2.20. The van der Waals surface area contributed by atoms with E-state index in [0.29, 0.717) is 6.54 Å². The van der Waals surface area contributed by atoms with Crippen molar-refractivity contribution in [2.75, 3.05) is 11.4 Å². The number of fused-ring (bicyclic) bond motifs is 1. The van der Waals surface area contributed by atoms with E-state index in [0.717, 1.165) is 24.3 Å². The minimum Gasteiger partial charge on any atom is -0.326 e. The second-order valence-corrected chi connectivity index (χ2v) is 5.43. The van der Waals surface area contributed by atoms with E-state index < -0.39 is 0 Å². The van der Waals surface area contributed by atoms with E-state index in [2.05, 4.69) is 47.1 Å². The van der Waals surface area contributed by atoms with E-state index >= 15 is 0 Å². The number of para-hydroxylation sites is 1. The molecule has 0 spiro atoms. The number of anilines is 2. The maximum atomic E-state index is 5.70. The highest BCUT2D eigenvalue weighted by Gasteiger charge is 2.18. The molecule has 0 fully saturated rings. The molecule has 0 saturated heterocycles. The van der Waals surface area contributed by atoms with Gasteiger partial charge in [0.15, 0.2) is 0 Å². The Labute approximate surface area is 120 Å². The molecule has 20 heavy (non-hydrogen) atoms. The summed E-state index contributed by atoms with van der Waals surface area (Å²) >= 11 is 0. The van der Waals surface area contributed by atoms with Gasteiger partial charge < -0.3 is 10.6 Å². The van der Waals surface area contributed by atoms with Crippen molar-refractivity contribution in [3.05, 3.63) is 53.2 Å². The molecule has 0 aliphatic carbocycles. The van der Waals surface area contributed by atoms with E-state index in [1.54, 1.807) is 0 Å². The predicted molar refractivity (Wildman–Crippen MR) is 83.3 cm³/mol. The van der Waals surface area contributed by atoms with Gasteiger partial charge in [0.05, 0.1) is 0 Å². The van der Waals surface area contributed by atoms with Crippen LogP contribution in [-0.4, -0.2) is 11.5 Å². The van der Waals surface area contributed by atoms with Crippen molar-refractivity contribution in [1.29, 1.82) is 0 Å². The summed E-state index contributed by atoms with van der Waals surface area (Å²) in [6, 6.07) is 10.8. The summed E-state index contributed by atoms with van der Waals surface area (Å²) in [6.07, 6.45) is 5.50. The molecule has 3 nitrogen and oxygen atoms in total.